The standard InChI is InChI=1S/C16H19N3O2S/c1-20-10-4-6-13(21-2)12(7-10)19-8-9-3-5-11(19)15-14(9)18-16(17)22-15/h4,6-7,9,11H,3,5,8H2,1-2H3,(H2,17,18). The fourth-order valence-electron chi connectivity index (χ4n) is 3.65. The van der Waals surface area contributed by atoms with E-state index in [0.717, 1.165) is 30.2 Å². The molecule has 1 aromatic carbocycles. The van der Waals surface area contributed by atoms with Gasteiger partial charge in [0.15, 0.2) is 5.13 Å². The molecule has 2 bridgehead atoms. The third kappa shape index (κ3) is 1.94. The second-order valence-corrected chi connectivity index (χ2v) is 6.84. The molecule has 0 radical (unpaired) electrons. The van der Waals surface area contributed by atoms with E-state index >= 15 is 0 Å². The maximum Gasteiger partial charge on any atom is 0.180 e. The van der Waals surface area contributed by atoms with Crippen molar-refractivity contribution in [3.63, 3.8) is 0 Å². The number of nitrogen functional groups attached to an aromatic ring is 1. The fourth-order valence-corrected chi connectivity index (χ4v) is 4.71. The topological polar surface area (TPSA) is 60.6 Å². The number of nitrogens with two attached hydrogens (primary N) is 1. The van der Waals surface area contributed by atoms with E-state index in [2.05, 4.69) is 16.0 Å². The van der Waals surface area contributed by atoms with Gasteiger partial charge in [0.1, 0.15) is 11.5 Å². The Morgan fingerprint density at radius 1 is 1.27 bits per heavy atom. The first-order chi connectivity index (χ1) is 10.7. The molecule has 22 heavy (non-hydrogen) atoms. The van der Waals surface area contributed by atoms with Gasteiger partial charge < -0.3 is 20.1 Å². The van der Waals surface area contributed by atoms with Crippen molar-refractivity contribution in [3.8, 4) is 11.5 Å². The number of anilines is 2. The Morgan fingerprint density at radius 2 is 2.14 bits per heavy atom. The number of piperidine rings is 1. The highest BCUT2D eigenvalue weighted by atomic mass is 32.1. The Hall–Kier alpha value is -1.95. The molecule has 1 fully saturated rings. The second kappa shape index (κ2) is 5.05. The van der Waals surface area contributed by atoms with Crippen LogP contribution in [0.4, 0.5) is 10.8 Å². The van der Waals surface area contributed by atoms with Crippen LogP contribution in [-0.4, -0.2) is 25.7 Å². The molecule has 116 valence electrons. The van der Waals surface area contributed by atoms with Crippen LogP contribution >= 0.6 is 11.3 Å². The van der Waals surface area contributed by atoms with E-state index in [1.54, 1.807) is 25.6 Å². The minimum absolute atomic E-state index is 0.343. The van der Waals surface area contributed by atoms with Gasteiger partial charge in [0.25, 0.3) is 0 Å². The molecule has 0 spiro atoms. The number of ether oxygens (including phenoxy) is 2. The lowest BCUT2D eigenvalue weighted by Crippen LogP contribution is -2.42. The molecule has 2 unspecified atom stereocenters. The molecule has 5 nitrogen and oxygen atoms in total. The summed E-state index contributed by atoms with van der Waals surface area (Å²) in [4.78, 5) is 8.30. The second-order valence-electron chi connectivity index (χ2n) is 5.78. The SMILES string of the molecule is COc1ccc(OC)c(N2CC3CCC2c2sc(N)nc23)c1. The van der Waals surface area contributed by atoms with Crippen LogP contribution in [-0.2, 0) is 0 Å². The molecule has 1 saturated heterocycles. The average molecular weight is 317 g/mol. The largest absolute Gasteiger partial charge is 0.497 e. The summed E-state index contributed by atoms with van der Waals surface area (Å²) in [5.74, 6) is 2.19. The third-order valence-electron chi connectivity index (χ3n) is 4.66. The molecule has 0 saturated carbocycles. The van der Waals surface area contributed by atoms with Crippen LogP contribution in [0, 0.1) is 0 Å². The number of rotatable bonds is 3. The first-order valence-electron chi connectivity index (χ1n) is 7.46. The van der Waals surface area contributed by atoms with Gasteiger partial charge in [0, 0.05) is 18.5 Å². The van der Waals surface area contributed by atoms with Gasteiger partial charge in [-0.25, -0.2) is 4.98 Å². The summed E-state index contributed by atoms with van der Waals surface area (Å²) >= 11 is 1.63. The monoisotopic (exact) mass is 317 g/mol. The van der Waals surface area contributed by atoms with E-state index in [-0.39, 0.29) is 0 Å². The van der Waals surface area contributed by atoms with E-state index in [0.29, 0.717) is 17.1 Å². The summed E-state index contributed by atoms with van der Waals surface area (Å²) in [6, 6.07) is 6.30. The predicted molar refractivity (Wildman–Crippen MR) is 88.1 cm³/mol. The van der Waals surface area contributed by atoms with Gasteiger partial charge in [-0.05, 0) is 25.0 Å². The van der Waals surface area contributed by atoms with Crippen molar-refractivity contribution < 1.29 is 9.47 Å². The van der Waals surface area contributed by atoms with Crippen LogP contribution in [0.3, 0.4) is 0 Å². The number of benzene rings is 1. The van der Waals surface area contributed by atoms with Crippen LogP contribution in [0.15, 0.2) is 18.2 Å². The normalized spacial score (nSPS) is 22.5. The average Bonchev–Trinajstić information content (AvgIpc) is 2.97. The van der Waals surface area contributed by atoms with Crippen LogP contribution in [0.2, 0.25) is 0 Å². The van der Waals surface area contributed by atoms with E-state index in [9.17, 15) is 0 Å². The Labute approximate surface area is 133 Å². The lowest BCUT2D eigenvalue weighted by molar-refractivity contribution is 0.372. The zero-order valence-corrected chi connectivity index (χ0v) is 13.5. The number of thiazole rings is 1. The van der Waals surface area contributed by atoms with Crippen molar-refractivity contribution in [3.05, 3.63) is 28.8 Å². The summed E-state index contributed by atoms with van der Waals surface area (Å²) in [7, 11) is 3.40. The zero-order chi connectivity index (χ0) is 15.3. The number of aromatic nitrogens is 1. The van der Waals surface area contributed by atoms with E-state index in [1.807, 2.05) is 12.1 Å². The van der Waals surface area contributed by atoms with E-state index < -0.39 is 0 Å². The van der Waals surface area contributed by atoms with Gasteiger partial charge in [-0.1, -0.05) is 11.3 Å². The molecule has 2 aliphatic heterocycles. The van der Waals surface area contributed by atoms with Crippen LogP contribution in [0.25, 0.3) is 0 Å². The van der Waals surface area contributed by atoms with Gasteiger partial charge in [0.05, 0.1) is 36.5 Å². The summed E-state index contributed by atoms with van der Waals surface area (Å²) in [5.41, 5.74) is 8.25. The molecule has 2 aromatic rings. The number of fused-ring (bicyclic) bond motifs is 2. The lowest BCUT2D eigenvalue weighted by Gasteiger charge is -2.45. The highest BCUT2D eigenvalue weighted by Crippen LogP contribution is 2.52. The molecular weight excluding hydrogens is 298 g/mol. The lowest BCUT2D eigenvalue weighted by atomic mass is 9.81. The quantitative estimate of drug-likeness (QED) is 0.942. The highest BCUT2D eigenvalue weighted by molar-refractivity contribution is 7.15. The molecule has 2 N–H and O–H groups in total. The first kappa shape index (κ1) is 13.7. The van der Waals surface area contributed by atoms with Crippen molar-refractivity contribution >= 4 is 22.2 Å². The van der Waals surface area contributed by atoms with Crippen molar-refractivity contribution in [1.82, 2.24) is 4.98 Å². The highest BCUT2D eigenvalue weighted by Gasteiger charge is 2.41. The van der Waals surface area contributed by atoms with Gasteiger partial charge in [-0.2, -0.15) is 0 Å². The van der Waals surface area contributed by atoms with Gasteiger partial charge >= 0.3 is 0 Å². The maximum atomic E-state index is 5.94. The molecular formula is C16H19N3O2S. The number of methoxy groups -OCH3 is 2. The smallest absolute Gasteiger partial charge is 0.180 e. The minimum Gasteiger partial charge on any atom is -0.497 e. The fraction of sp³-hybridized carbons (Fsp3) is 0.438. The Kier molecular flexibility index (Phi) is 3.14. The van der Waals surface area contributed by atoms with Crippen LogP contribution < -0.4 is 20.1 Å². The number of hydrogen-bond acceptors (Lipinski definition) is 6. The summed E-state index contributed by atoms with van der Waals surface area (Å²) in [6.07, 6.45) is 2.32. The Bertz CT molecular complexity index is 715. The molecule has 5 rings (SSSR count). The zero-order valence-electron chi connectivity index (χ0n) is 12.7. The molecule has 1 aliphatic carbocycles. The van der Waals surface area contributed by atoms with Crippen molar-refractivity contribution in [2.45, 2.75) is 24.8 Å². The van der Waals surface area contributed by atoms with Crippen LogP contribution in [0.5, 0.6) is 11.5 Å². The summed E-state index contributed by atoms with van der Waals surface area (Å²) < 4.78 is 11.0. The van der Waals surface area contributed by atoms with Crippen molar-refractivity contribution in [2.75, 3.05) is 31.4 Å². The Balaban J connectivity index is 1.79. The molecule has 3 heterocycles. The van der Waals surface area contributed by atoms with Crippen LogP contribution in [0.1, 0.15) is 35.4 Å². The van der Waals surface area contributed by atoms with Crippen molar-refractivity contribution in [1.29, 1.82) is 0 Å². The summed E-state index contributed by atoms with van der Waals surface area (Å²) in [6.45, 7) is 0.963. The predicted octanol–water partition coefficient (Wildman–Crippen LogP) is 3.18. The van der Waals surface area contributed by atoms with E-state index in [4.69, 9.17) is 15.2 Å². The van der Waals surface area contributed by atoms with Crippen molar-refractivity contribution in [2.24, 2.45) is 0 Å². The maximum absolute atomic E-state index is 5.94. The van der Waals surface area contributed by atoms with Gasteiger partial charge in [-0.15, -0.1) is 0 Å². The molecule has 3 aliphatic rings. The third-order valence-corrected chi connectivity index (χ3v) is 5.67. The summed E-state index contributed by atoms with van der Waals surface area (Å²) in [5, 5.41) is 0.682. The molecule has 0 amide bonds. The first-order valence-corrected chi connectivity index (χ1v) is 8.27. The Morgan fingerprint density at radius 3 is 2.91 bits per heavy atom. The molecule has 2 atom stereocenters. The molecule has 6 heteroatoms. The van der Waals surface area contributed by atoms with Gasteiger partial charge in [0.2, 0.25) is 0 Å². The minimum atomic E-state index is 0.343. The number of nitrogens with zero attached hydrogens (tertiary/aromatic N) is 2. The number of hydrogen-bond donors (Lipinski definition) is 1. The van der Waals surface area contributed by atoms with Gasteiger partial charge in [-0.3, -0.25) is 0 Å². The molecule has 1 aromatic heterocycles. The van der Waals surface area contributed by atoms with E-state index in [1.165, 1.54) is 17.0 Å².